The molecule has 1 heterocycles. The number of aromatic nitrogens is 1. The van der Waals surface area contributed by atoms with Crippen molar-refractivity contribution in [3.05, 3.63) is 12.1 Å². The Labute approximate surface area is 213 Å². The van der Waals surface area contributed by atoms with Crippen LogP contribution in [0.1, 0.15) is 78.6 Å². The molecule has 4 aliphatic carbocycles. The topological polar surface area (TPSA) is 132 Å². The molecule has 0 aliphatic heterocycles. The second-order valence-electron chi connectivity index (χ2n) is 12.8. The lowest BCUT2D eigenvalue weighted by atomic mass is 9.43. The van der Waals surface area contributed by atoms with Gasteiger partial charge in [0.25, 0.3) is 0 Å². The van der Waals surface area contributed by atoms with E-state index in [2.05, 4.69) is 20.8 Å². The Morgan fingerprint density at radius 2 is 1.75 bits per heavy atom. The number of nitrogens with zero attached hydrogens (tertiary/aromatic N) is 1. The maximum Gasteiger partial charge on any atom is 0.333 e. The summed E-state index contributed by atoms with van der Waals surface area (Å²) in [6, 6.07) is 2.50. The van der Waals surface area contributed by atoms with Crippen LogP contribution in [0.3, 0.4) is 0 Å². The molecule has 0 amide bonds. The predicted octanol–water partition coefficient (Wildman–Crippen LogP) is 3.23. The van der Waals surface area contributed by atoms with E-state index in [-0.39, 0.29) is 64.7 Å². The van der Waals surface area contributed by atoms with E-state index in [1.807, 2.05) is 0 Å². The number of aromatic hydroxyl groups is 2. The minimum atomic E-state index is -0.534. The molecule has 0 unspecified atom stereocenters. The lowest BCUT2D eigenvalue weighted by molar-refractivity contribution is -0.207. The van der Waals surface area contributed by atoms with E-state index >= 15 is 0 Å². The highest BCUT2D eigenvalue weighted by atomic mass is 16.7. The second-order valence-corrected chi connectivity index (χ2v) is 12.8. The largest absolute Gasteiger partial charge is 0.492 e. The van der Waals surface area contributed by atoms with Crippen LogP contribution < -0.4 is 4.84 Å². The molecule has 5 rings (SSSR count). The Balaban J connectivity index is 1.29. The maximum atomic E-state index is 12.4. The summed E-state index contributed by atoms with van der Waals surface area (Å²) in [5, 5.41) is 52.8. The number of aliphatic hydroxyl groups is 3. The van der Waals surface area contributed by atoms with Crippen molar-refractivity contribution in [2.24, 2.45) is 46.3 Å². The minimum absolute atomic E-state index is 0.0501. The molecule has 4 saturated carbocycles. The van der Waals surface area contributed by atoms with Crippen LogP contribution in [0, 0.1) is 46.3 Å². The number of rotatable bonds is 5. The average Bonchev–Trinajstić information content (AvgIpc) is 3.34. The van der Waals surface area contributed by atoms with Gasteiger partial charge in [0.15, 0.2) is 0 Å². The van der Waals surface area contributed by atoms with E-state index in [4.69, 9.17) is 4.84 Å². The molecule has 4 aliphatic rings. The van der Waals surface area contributed by atoms with Gasteiger partial charge >= 0.3 is 5.97 Å². The van der Waals surface area contributed by atoms with Crippen molar-refractivity contribution < 1.29 is 35.2 Å². The zero-order valence-corrected chi connectivity index (χ0v) is 21.7. The Morgan fingerprint density at radius 1 is 1.06 bits per heavy atom. The summed E-state index contributed by atoms with van der Waals surface area (Å²) in [5.74, 6) is 0.145. The van der Waals surface area contributed by atoms with Gasteiger partial charge in [-0.3, -0.25) is 0 Å². The summed E-state index contributed by atoms with van der Waals surface area (Å²) >= 11 is 0. The zero-order chi connectivity index (χ0) is 26.0. The van der Waals surface area contributed by atoms with Gasteiger partial charge in [-0.05, 0) is 97.7 Å². The minimum Gasteiger partial charge on any atom is -0.492 e. The van der Waals surface area contributed by atoms with Crippen LogP contribution in [0.15, 0.2) is 12.1 Å². The third-order valence-electron chi connectivity index (χ3n) is 11.3. The van der Waals surface area contributed by atoms with E-state index in [0.717, 1.165) is 38.5 Å². The van der Waals surface area contributed by atoms with Gasteiger partial charge in [-0.25, -0.2) is 4.79 Å². The first-order valence-electron chi connectivity index (χ1n) is 13.8. The van der Waals surface area contributed by atoms with Crippen molar-refractivity contribution in [1.82, 2.24) is 4.73 Å². The quantitative estimate of drug-likeness (QED) is 0.415. The first kappa shape index (κ1) is 25.9. The number of carbonyl (C=O) groups is 1. The molecule has 202 valence electrons. The molecule has 8 nitrogen and oxygen atoms in total. The molecular weight excluding hydrogens is 462 g/mol. The van der Waals surface area contributed by atoms with Crippen LogP contribution in [0.25, 0.3) is 0 Å². The maximum absolute atomic E-state index is 12.4. The highest BCUT2D eigenvalue weighted by Crippen LogP contribution is 2.68. The molecule has 4 fully saturated rings. The van der Waals surface area contributed by atoms with Crippen molar-refractivity contribution in [2.75, 3.05) is 0 Å². The molecule has 36 heavy (non-hydrogen) atoms. The number of carbonyl (C=O) groups excluding carboxylic acids is 1. The van der Waals surface area contributed by atoms with Gasteiger partial charge in [0.2, 0.25) is 11.8 Å². The Bertz CT molecular complexity index is 960. The van der Waals surface area contributed by atoms with Gasteiger partial charge in [-0.1, -0.05) is 20.8 Å². The highest BCUT2D eigenvalue weighted by molar-refractivity contribution is 5.69. The summed E-state index contributed by atoms with van der Waals surface area (Å²) in [4.78, 5) is 17.5. The van der Waals surface area contributed by atoms with Gasteiger partial charge < -0.3 is 30.4 Å². The molecule has 0 bridgehead atoms. The lowest BCUT2D eigenvalue weighted by Gasteiger charge is -2.63. The van der Waals surface area contributed by atoms with Crippen LogP contribution in [0.2, 0.25) is 0 Å². The van der Waals surface area contributed by atoms with Crippen molar-refractivity contribution >= 4 is 5.97 Å². The summed E-state index contributed by atoms with van der Waals surface area (Å²) in [7, 11) is 0. The van der Waals surface area contributed by atoms with Gasteiger partial charge in [0.1, 0.15) is 0 Å². The smallest absolute Gasteiger partial charge is 0.333 e. The second kappa shape index (κ2) is 9.21. The molecule has 11 atom stereocenters. The Kier molecular flexibility index (Phi) is 6.61. The van der Waals surface area contributed by atoms with E-state index in [1.54, 1.807) is 0 Å². The van der Waals surface area contributed by atoms with Crippen LogP contribution in [-0.2, 0) is 4.79 Å². The molecule has 0 saturated heterocycles. The highest BCUT2D eigenvalue weighted by Gasteiger charge is 2.65. The van der Waals surface area contributed by atoms with Crippen molar-refractivity contribution in [1.29, 1.82) is 0 Å². The van der Waals surface area contributed by atoms with E-state index < -0.39 is 18.2 Å². The zero-order valence-electron chi connectivity index (χ0n) is 21.7. The fraction of sp³-hybridized carbons (Fsp3) is 0.821. The first-order valence-corrected chi connectivity index (χ1v) is 13.8. The summed E-state index contributed by atoms with van der Waals surface area (Å²) in [5.41, 5.74) is -0.270. The number of fused-ring (bicyclic) bond motifs is 5. The standard InChI is InChI=1S/C28H43NO7/c1-15(4-9-25(35)36-29-23(33)7-8-24(29)34)18-5-6-19-26-20(14-22(32)28(18,19)3)27(2)11-10-17(30)12-16(27)13-21(26)31/h7-8,15-22,26,30-34H,4-6,9-14H2,1-3H3/t15-,16+,17-,18-,19+,20+,21-,22+,26+,27+,28-/m1/s1. The predicted molar refractivity (Wildman–Crippen MR) is 132 cm³/mol. The van der Waals surface area contributed by atoms with E-state index in [0.29, 0.717) is 23.5 Å². The van der Waals surface area contributed by atoms with Crippen LogP contribution in [-0.4, -0.2) is 54.5 Å². The lowest BCUT2D eigenvalue weighted by Crippen LogP contribution is -2.62. The molecule has 8 heteroatoms. The molecule has 1 aromatic rings. The summed E-state index contributed by atoms with van der Waals surface area (Å²) in [6.45, 7) is 6.67. The third kappa shape index (κ3) is 3.95. The number of hydrogen-bond donors (Lipinski definition) is 5. The van der Waals surface area contributed by atoms with Gasteiger partial charge in [-0.2, -0.15) is 0 Å². The molecular formula is C28H43NO7. The monoisotopic (exact) mass is 505 g/mol. The number of aliphatic hydroxyl groups excluding tert-OH is 3. The molecule has 0 radical (unpaired) electrons. The van der Waals surface area contributed by atoms with E-state index in [1.165, 1.54) is 12.1 Å². The Hall–Kier alpha value is -1.77. The molecule has 5 N–H and O–H groups in total. The van der Waals surface area contributed by atoms with Crippen LogP contribution in [0.5, 0.6) is 11.8 Å². The van der Waals surface area contributed by atoms with Crippen molar-refractivity contribution in [2.45, 2.75) is 96.9 Å². The van der Waals surface area contributed by atoms with Crippen LogP contribution >= 0.6 is 0 Å². The summed E-state index contributed by atoms with van der Waals surface area (Å²) in [6.07, 6.45) is 5.45. The van der Waals surface area contributed by atoms with Crippen molar-refractivity contribution in [3.8, 4) is 11.8 Å². The molecule has 1 aromatic heterocycles. The van der Waals surface area contributed by atoms with Gasteiger partial charge in [0.05, 0.1) is 18.3 Å². The fourth-order valence-corrected chi connectivity index (χ4v) is 9.32. The van der Waals surface area contributed by atoms with E-state index in [9.17, 15) is 30.3 Å². The summed E-state index contributed by atoms with van der Waals surface area (Å²) < 4.78 is 0.716. The SMILES string of the molecule is C[C@H](CCC(=O)On1c(O)ccc1O)[C@H]1CC[C@H]2[C@@H]3[C@H](O)C[C@@H]4C[C@H](O)CC[C@]4(C)[C@H]3C[C@H](O)[C@]12C. The first-order chi connectivity index (χ1) is 17.0. The molecule has 0 spiro atoms. The fourth-order valence-electron chi connectivity index (χ4n) is 9.32. The van der Waals surface area contributed by atoms with Crippen LogP contribution in [0.4, 0.5) is 0 Å². The average molecular weight is 506 g/mol. The number of hydrogen-bond acceptors (Lipinski definition) is 7. The third-order valence-corrected chi connectivity index (χ3v) is 11.3. The van der Waals surface area contributed by atoms with Crippen molar-refractivity contribution in [3.63, 3.8) is 0 Å². The normalized spacial score (nSPS) is 44.8. The van der Waals surface area contributed by atoms with Gasteiger partial charge in [-0.15, -0.1) is 4.73 Å². The van der Waals surface area contributed by atoms with Gasteiger partial charge in [0, 0.05) is 18.6 Å². The molecule has 0 aromatic carbocycles. The Morgan fingerprint density at radius 3 is 2.44 bits per heavy atom.